The molecule has 6 nitrogen and oxygen atoms in total. The Hall–Kier alpha value is -2.93. The molecule has 0 aliphatic rings. The fourth-order valence-corrected chi connectivity index (χ4v) is 2.43. The quantitative estimate of drug-likeness (QED) is 0.630. The Balaban J connectivity index is 2.28. The van der Waals surface area contributed by atoms with Crippen molar-refractivity contribution >= 4 is 39.8 Å². The Morgan fingerprint density at radius 3 is 2.38 bits per heavy atom. The summed E-state index contributed by atoms with van der Waals surface area (Å²) in [4.78, 5) is 35.9. The molecule has 0 aromatic heterocycles. The molecule has 0 bridgehead atoms. The highest BCUT2D eigenvalue weighted by molar-refractivity contribution is 9.10. The highest BCUT2D eigenvalue weighted by atomic mass is 79.9. The van der Waals surface area contributed by atoms with E-state index in [1.807, 2.05) is 6.07 Å². The van der Waals surface area contributed by atoms with Gasteiger partial charge in [-0.1, -0.05) is 52.3 Å². The molecular formula is C19H17BrN2O4. The highest BCUT2D eigenvalue weighted by Crippen LogP contribution is 2.12. The van der Waals surface area contributed by atoms with Crippen molar-refractivity contribution in [2.45, 2.75) is 13.0 Å². The Kier molecular flexibility index (Phi) is 6.68. The van der Waals surface area contributed by atoms with E-state index in [9.17, 15) is 14.4 Å². The molecule has 0 spiro atoms. The summed E-state index contributed by atoms with van der Waals surface area (Å²) in [5.41, 5.74) is 1.00. The van der Waals surface area contributed by atoms with Crippen LogP contribution in [0, 0.1) is 0 Å². The van der Waals surface area contributed by atoms with Gasteiger partial charge in [0.05, 0.1) is 0 Å². The van der Waals surface area contributed by atoms with Crippen molar-refractivity contribution in [1.29, 1.82) is 0 Å². The summed E-state index contributed by atoms with van der Waals surface area (Å²) in [5, 5.41) is 13.9. The number of carbonyl (C=O) groups is 3. The van der Waals surface area contributed by atoms with Gasteiger partial charge in [0.2, 0.25) is 0 Å². The summed E-state index contributed by atoms with van der Waals surface area (Å²) in [5.74, 6) is -2.34. The minimum atomic E-state index is -1.17. The zero-order chi connectivity index (χ0) is 19.1. The van der Waals surface area contributed by atoms with Gasteiger partial charge in [0.15, 0.2) is 0 Å². The van der Waals surface area contributed by atoms with Gasteiger partial charge in [-0.25, -0.2) is 0 Å². The van der Waals surface area contributed by atoms with Crippen LogP contribution in [0.3, 0.4) is 0 Å². The molecule has 26 heavy (non-hydrogen) atoms. The molecule has 0 aliphatic carbocycles. The fraction of sp³-hybridized carbons (Fsp3) is 0.105. The molecule has 0 saturated carbocycles. The third-order valence-electron chi connectivity index (χ3n) is 3.41. The number of hydrogen-bond donors (Lipinski definition) is 3. The lowest BCUT2D eigenvalue weighted by molar-refractivity contribution is -0.140. The molecule has 7 heteroatoms. The van der Waals surface area contributed by atoms with E-state index < -0.39 is 23.8 Å². The normalized spacial score (nSPS) is 12.2. The number of carbonyl (C=O) groups excluding carboxylic acids is 2. The summed E-state index contributed by atoms with van der Waals surface area (Å²) in [6.45, 7) is 1.34. The third-order valence-corrected chi connectivity index (χ3v) is 3.90. The lowest BCUT2D eigenvalue weighted by Gasteiger charge is -2.13. The van der Waals surface area contributed by atoms with Gasteiger partial charge in [0, 0.05) is 10.0 Å². The number of halogens is 1. The van der Waals surface area contributed by atoms with Gasteiger partial charge in [0.1, 0.15) is 11.7 Å². The molecule has 2 rings (SSSR count). The zero-order valence-electron chi connectivity index (χ0n) is 13.9. The molecule has 0 radical (unpaired) electrons. The minimum Gasteiger partial charge on any atom is -0.480 e. The van der Waals surface area contributed by atoms with Crippen LogP contribution in [-0.4, -0.2) is 28.9 Å². The van der Waals surface area contributed by atoms with Crippen LogP contribution in [-0.2, 0) is 9.59 Å². The zero-order valence-corrected chi connectivity index (χ0v) is 15.5. The number of rotatable bonds is 6. The van der Waals surface area contributed by atoms with Gasteiger partial charge >= 0.3 is 5.97 Å². The van der Waals surface area contributed by atoms with Gasteiger partial charge in [0.25, 0.3) is 11.8 Å². The Morgan fingerprint density at radius 2 is 1.77 bits per heavy atom. The average molecular weight is 417 g/mol. The smallest absolute Gasteiger partial charge is 0.325 e. The molecule has 2 aromatic rings. The first-order valence-corrected chi connectivity index (χ1v) is 8.53. The van der Waals surface area contributed by atoms with Gasteiger partial charge in [-0.3, -0.25) is 14.4 Å². The van der Waals surface area contributed by atoms with Crippen LogP contribution < -0.4 is 10.6 Å². The average Bonchev–Trinajstić information content (AvgIpc) is 2.61. The second-order valence-corrected chi connectivity index (χ2v) is 6.38. The maximum atomic E-state index is 12.5. The molecular weight excluding hydrogens is 400 g/mol. The highest BCUT2D eigenvalue weighted by Gasteiger charge is 2.19. The van der Waals surface area contributed by atoms with Gasteiger partial charge in [-0.15, -0.1) is 0 Å². The molecule has 0 heterocycles. The SMILES string of the molecule is CC(NC(=O)/C(=C\c1ccccc1)NC(=O)c1cccc(Br)c1)C(=O)O. The molecule has 1 unspecified atom stereocenters. The van der Waals surface area contributed by atoms with Crippen molar-refractivity contribution in [2.24, 2.45) is 0 Å². The second kappa shape index (κ2) is 8.96. The number of benzene rings is 2. The molecule has 0 saturated heterocycles. The number of nitrogens with one attached hydrogen (secondary N) is 2. The fourth-order valence-electron chi connectivity index (χ4n) is 2.03. The number of aliphatic carboxylic acids is 1. The number of hydrogen-bond acceptors (Lipinski definition) is 3. The third kappa shape index (κ3) is 5.56. The van der Waals surface area contributed by atoms with E-state index in [-0.39, 0.29) is 5.70 Å². The van der Waals surface area contributed by atoms with Gasteiger partial charge in [-0.05, 0) is 36.8 Å². The van der Waals surface area contributed by atoms with E-state index in [1.54, 1.807) is 48.5 Å². The van der Waals surface area contributed by atoms with Crippen molar-refractivity contribution in [1.82, 2.24) is 10.6 Å². The van der Waals surface area contributed by atoms with E-state index in [2.05, 4.69) is 26.6 Å². The van der Waals surface area contributed by atoms with Crippen LogP contribution in [0.1, 0.15) is 22.8 Å². The molecule has 2 aromatic carbocycles. The summed E-state index contributed by atoms with van der Waals surface area (Å²) in [6.07, 6.45) is 1.49. The largest absolute Gasteiger partial charge is 0.480 e. The van der Waals surface area contributed by atoms with Crippen LogP contribution >= 0.6 is 15.9 Å². The van der Waals surface area contributed by atoms with E-state index in [4.69, 9.17) is 5.11 Å². The van der Waals surface area contributed by atoms with Crippen molar-refractivity contribution in [3.05, 3.63) is 75.9 Å². The molecule has 0 fully saturated rings. The molecule has 134 valence electrons. The summed E-state index contributed by atoms with van der Waals surface area (Å²) >= 11 is 3.29. The molecule has 2 amide bonds. The van der Waals surface area contributed by atoms with Crippen molar-refractivity contribution in [3.63, 3.8) is 0 Å². The number of amides is 2. The monoisotopic (exact) mass is 416 g/mol. The predicted octanol–water partition coefficient (Wildman–Crippen LogP) is 2.81. The van der Waals surface area contributed by atoms with Crippen LogP contribution in [0.25, 0.3) is 6.08 Å². The summed E-state index contributed by atoms with van der Waals surface area (Å²) in [6, 6.07) is 14.5. The van der Waals surface area contributed by atoms with Gasteiger partial charge < -0.3 is 15.7 Å². The first-order valence-electron chi connectivity index (χ1n) is 7.74. The van der Waals surface area contributed by atoms with E-state index in [0.717, 1.165) is 4.47 Å². The van der Waals surface area contributed by atoms with Crippen LogP contribution in [0.4, 0.5) is 0 Å². The first kappa shape index (κ1) is 19.4. The second-order valence-electron chi connectivity index (χ2n) is 5.47. The Morgan fingerprint density at radius 1 is 1.08 bits per heavy atom. The molecule has 0 aliphatic heterocycles. The lowest BCUT2D eigenvalue weighted by Crippen LogP contribution is -2.42. The lowest BCUT2D eigenvalue weighted by atomic mass is 10.1. The van der Waals surface area contributed by atoms with Crippen molar-refractivity contribution in [3.8, 4) is 0 Å². The summed E-state index contributed by atoms with van der Waals surface area (Å²) < 4.78 is 0.725. The van der Waals surface area contributed by atoms with Gasteiger partial charge in [-0.2, -0.15) is 0 Å². The van der Waals surface area contributed by atoms with Crippen molar-refractivity contribution in [2.75, 3.05) is 0 Å². The van der Waals surface area contributed by atoms with E-state index >= 15 is 0 Å². The maximum Gasteiger partial charge on any atom is 0.325 e. The topological polar surface area (TPSA) is 95.5 Å². The van der Waals surface area contributed by atoms with E-state index in [1.165, 1.54) is 13.0 Å². The molecule has 1 atom stereocenters. The molecule has 3 N–H and O–H groups in total. The van der Waals surface area contributed by atoms with Crippen molar-refractivity contribution < 1.29 is 19.5 Å². The Labute approximate surface area is 159 Å². The minimum absolute atomic E-state index is 0.0470. The van der Waals surface area contributed by atoms with Crippen LogP contribution in [0.15, 0.2) is 64.8 Å². The summed E-state index contributed by atoms with van der Waals surface area (Å²) in [7, 11) is 0. The first-order chi connectivity index (χ1) is 12.4. The van der Waals surface area contributed by atoms with E-state index in [0.29, 0.717) is 11.1 Å². The number of carboxylic acid groups (broad SMARTS) is 1. The van der Waals surface area contributed by atoms with Crippen LogP contribution in [0.2, 0.25) is 0 Å². The number of carboxylic acids is 1. The Bertz CT molecular complexity index is 850. The predicted molar refractivity (Wildman–Crippen MR) is 101 cm³/mol. The van der Waals surface area contributed by atoms with Crippen LogP contribution in [0.5, 0.6) is 0 Å². The maximum absolute atomic E-state index is 12.5. The standard InChI is InChI=1S/C19H17BrN2O4/c1-12(19(25)26)21-18(24)16(10-13-6-3-2-4-7-13)22-17(23)14-8-5-9-15(20)11-14/h2-12H,1H3,(H,21,24)(H,22,23)(H,25,26)/b16-10+.